The molecular formula is C25H27FN2O6S. The van der Waals surface area contributed by atoms with Crippen LogP contribution in [0, 0.1) is 5.82 Å². The van der Waals surface area contributed by atoms with Crippen molar-refractivity contribution in [2.75, 3.05) is 30.4 Å². The van der Waals surface area contributed by atoms with Gasteiger partial charge < -0.3 is 19.5 Å². The van der Waals surface area contributed by atoms with Gasteiger partial charge in [-0.3, -0.25) is 9.10 Å². The SMILES string of the molecule is COc1ccc(S(=O)(=O)N(CC(=O)Nc2cccc(OC(C)C)c2)c2ccccc2F)cc1OC. The van der Waals surface area contributed by atoms with Crippen molar-refractivity contribution in [3.63, 3.8) is 0 Å². The summed E-state index contributed by atoms with van der Waals surface area (Å²) < 4.78 is 58.6. The molecule has 186 valence electrons. The van der Waals surface area contributed by atoms with E-state index >= 15 is 0 Å². The lowest BCUT2D eigenvalue weighted by atomic mass is 10.3. The van der Waals surface area contributed by atoms with Crippen molar-refractivity contribution in [3.05, 3.63) is 72.5 Å². The molecule has 0 saturated heterocycles. The molecule has 0 bridgehead atoms. The lowest BCUT2D eigenvalue weighted by Gasteiger charge is -2.25. The normalized spacial score (nSPS) is 11.1. The molecular weight excluding hydrogens is 475 g/mol. The summed E-state index contributed by atoms with van der Waals surface area (Å²) in [6, 6.07) is 16.0. The Morgan fingerprint density at radius 1 is 0.971 bits per heavy atom. The Bertz CT molecular complexity index is 1300. The van der Waals surface area contributed by atoms with Crippen LogP contribution in [0.4, 0.5) is 15.8 Å². The maximum absolute atomic E-state index is 14.7. The summed E-state index contributed by atoms with van der Waals surface area (Å²) in [4.78, 5) is 12.7. The largest absolute Gasteiger partial charge is 0.493 e. The molecule has 3 aromatic rings. The van der Waals surface area contributed by atoms with E-state index in [0.717, 1.165) is 6.07 Å². The fourth-order valence-electron chi connectivity index (χ4n) is 3.31. The maximum atomic E-state index is 14.7. The van der Waals surface area contributed by atoms with E-state index in [1.807, 2.05) is 13.8 Å². The smallest absolute Gasteiger partial charge is 0.265 e. The molecule has 1 N–H and O–H groups in total. The Balaban J connectivity index is 1.96. The number of amides is 1. The van der Waals surface area contributed by atoms with Crippen molar-refractivity contribution >= 4 is 27.3 Å². The molecule has 1 amide bonds. The van der Waals surface area contributed by atoms with Gasteiger partial charge in [-0.1, -0.05) is 18.2 Å². The van der Waals surface area contributed by atoms with Crippen molar-refractivity contribution in [3.8, 4) is 17.2 Å². The maximum Gasteiger partial charge on any atom is 0.265 e. The number of nitrogens with one attached hydrogen (secondary N) is 1. The molecule has 0 atom stereocenters. The lowest BCUT2D eigenvalue weighted by molar-refractivity contribution is -0.114. The highest BCUT2D eigenvalue weighted by Crippen LogP contribution is 2.33. The van der Waals surface area contributed by atoms with E-state index < -0.39 is 28.3 Å². The number of rotatable bonds is 10. The molecule has 3 aromatic carbocycles. The minimum atomic E-state index is -4.37. The van der Waals surface area contributed by atoms with Crippen LogP contribution in [0.25, 0.3) is 0 Å². The Hall–Kier alpha value is -3.79. The Kier molecular flexibility index (Phi) is 8.18. The van der Waals surface area contributed by atoms with Crippen molar-refractivity contribution in [2.24, 2.45) is 0 Å². The summed E-state index contributed by atoms with van der Waals surface area (Å²) in [6.07, 6.45) is -0.0656. The van der Waals surface area contributed by atoms with E-state index in [2.05, 4.69) is 5.32 Å². The molecule has 0 aromatic heterocycles. The van der Waals surface area contributed by atoms with E-state index in [1.165, 1.54) is 50.6 Å². The average Bonchev–Trinajstić information content (AvgIpc) is 2.82. The van der Waals surface area contributed by atoms with Gasteiger partial charge in [-0.25, -0.2) is 12.8 Å². The first kappa shape index (κ1) is 25.8. The first-order valence-corrected chi connectivity index (χ1v) is 12.2. The summed E-state index contributed by atoms with van der Waals surface area (Å²) >= 11 is 0. The predicted molar refractivity (Wildman–Crippen MR) is 131 cm³/mol. The molecule has 0 heterocycles. The molecule has 0 fully saturated rings. The van der Waals surface area contributed by atoms with Gasteiger partial charge in [0.2, 0.25) is 5.91 Å². The van der Waals surface area contributed by atoms with Crippen LogP contribution < -0.4 is 23.8 Å². The molecule has 10 heteroatoms. The van der Waals surface area contributed by atoms with E-state index in [9.17, 15) is 17.6 Å². The minimum Gasteiger partial charge on any atom is -0.493 e. The van der Waals surface area contributed by atoms with Crippen LogP contribution in [0.3, 0.4) is 0 Å². The number of sulfonamides is 1. The molecule has 0 unspecified atom stereocenters. The monoisotopic (exact) mass is 502 g/mol. The van der Waals surface area contributed by atoms with E-state index in [1.54, 1.807) is 24.3 Å². The molecule has 0 saturated carbocycles. The number of hydrogen-bond acceptors (Lipinski definition) is 6. The molecule has 8 nitrogen and oxygen atoms in total. The fourth-order valence-corrected chi connectivity index (χ4v) is 4.75. The van der Waals surface area contributed by atoms with Gasteiger partial charge in [-0.05, 0) is 50.2 Å². The molecule has 0 aliphatic heterocycles. The van der Waals surface area contributed by atoms with Crippen LogP contribution in [0.2, 0.25) is 0 Å². The first-order chi connectivity index (χ1) is 16.6. The third-order valence-electron chi connectivity index (χ3n) is 4.84. The molecule has 3 rings (SSSR count). The van der Waals surface area contributed by atoms with Gasteiger partial charge in [0.05, 0.1) is 30.9 Å². The van der Waals surface area contributed by atoms with Crippen LogP contribution in [0.15, 0.2) is 71.6 Å². The summed E-state index contributed by atoms with van der Waals surface area (Å²) in [5, 5.41) is 2.65. The van der Waals surface area contributed by atoms with Gasteiger partial charge in [-0.2, -0.15) is 0 Å². The number of carbonyl (C=O) groups excluding carboxylic acids is 1. The third kappa shape index (κ3) is 6.21. The van der Waals surface area contributed by atoms with Crippen LogP contribution >= 0.6 is 0 Å². The number of nitrogens with zero attached hydrogens (tertiary/aromatic N) is 1. The second kappa shape index (κ2) is 11.1. The van der Waals surface area contributed by atoms with Gasteiger partial charge in [0.15, 0.2) is 11.5 Å². The summed E-state index contributed by atoms with van der Waals surface area (Å²) in [6.45, 7) is 3.07. The number of para-hydroxylation sites is 1. The Morgan fingerprint density at radius 3 is 2.34 bits per heavy atom. The van der Waals surface area contributed by atoms with E-state index in [-0.39, 0.29) is 22.4 Å². The van der Waals surface area contributed by atoms with E-state index in [4.69, 9.17) is 14.2 Å². The van der Waals surface area contributed by atoms with Crippen LogP contribution in [0.5, 0.6) is 17.2 Å². The Labute approximate surface area is 204 Å². The molecule has 0 aliphatic carbocycles. The molecule has 35 heavy (non-hydrogen) atoms. The summed E-state index contributed by atoms with van der Waals surface area (Å²) in [7, 11) is -1.58. The zero-order valence-electron chi connectivity index (χ0n) is 19.8. The van der Waals surface area contributed by atoms with Gasteiger partial charge in [0.25, 0.3) is 10.0 Å². The van der Waals surface area contributed by atoms with Crippen LogP contribution in [0.1, 0.15) is 13.8 Å². The lowest BCUT2D eigenvalue weighted by Crippen LogP contribution is -2.38. The Morgan fingerprint density at radius 2 is 1.69 bits per heavy atom. The average molecular weight is 503 g/mol. The highest BCUT2D eigenvalue weighted by atomic mass is 32.2. The van der Waals surface area contributed by atoms with E-state index in [0.29, 0.717) is 21.5 Å². The fraction of sp³-hybridized carbons (Fsp3) is 0.240. The predicted octanol–water partition coefficient (Wildman–Crippen LogP) is 4.46. The standard InChI is InChI=1S/C25H27FN2O6S/c1-17(2)34-19-9-7-8-18(14-19)27-25(29)16-28(22-11-6-5-10-21(22)26)35(30,31)20-12-13-23(32-3)24(15-20)33-4/h5-15,17H,16H2,1-4H3,(H,27,29). The minimum absolute atomic E-state index is 0.0656. The molecule has 0 radical (unpaired) electrons. The van der Waals surface area contributed by atoms with Gasteiger partial charge in [-0.15, -0.1) is 0 Å². The van der Waals surface area contributed by atoms with Crippen molar-refractivity contribution < 1.29 is 31.8 Å². The van der Waals surface area contributed by atoms with Crippen molar-refractivity contribution in [1.82, 2.24) is 0 Å². The first-order valence-electron chi connectivity index (χ1n) is 10.7. The van der Waals surface area contributed by atoms with Gasteiger partial charge >= 0.3 is 0 Å². The van der Waals surface area contributed by atoms with Gasteiger partial charge in [0.1, 0.15) is 18.1 Å². The van der Waals surface area contributed by atoms with Crippen LogP contribution in [-0.4, -0.2) is 41.2 Å². The second-order valence-electron chi connectivity index (χ2n) is 7.72. The quantitative estimate of drug-likeness (QED) is 0.440. The molecule has 0 aliphatic rings. The van der Waals surface area contributed by atoms with Crippen molar-refractivity contribution in [2.45, 2.75) is 24.8 Å². The highest BCUT2D eigenvalue weighted by molar-refractivity contribution is 7.92. The third-order valence-corrected chi connectivity index (χ3v) is 6.60. The van der Waals surface area contributed by atoms with Crippen molar-refractivity contribution in [1.29, 1.82) is 0 Å². The number of methoxy groups -OCH3 is 2. The summed E-state index contributed by atoms with van der Waals surface area (Å²) in [5.74, 6) is -0.420. The van der Waals surface area contributed by atoms with Crippen LogP contribution in [-0.2, 0) is 14.8 Å². The zero-order chi connectivity index (χ0) is 25.6. The highest BCUT2D eigenvalue weighted by Gasteiger charge is 2.30. The number of hydrogen-bond donors (Lipinski definition) is 1. The number of anilines is 2. The number of benzene rings is 3. The zero-order valence-corrected chi connectivity index (χ0v) is 20.6. The summed E-state index contributed by atoms with van der Waals surface area (Å²) in [5.41, 5.74) is 0.138. The molecule has 0 spiro atoms. The second-order valence-corrected chi connectivity index (χ2v) is 9.58. The number of halogens is 1. The number of carbonyl (C=O) groups is 1. The van der Waals surface area contributed by atoms with Gasteiger partial charge in [0, 0.05) is 17.8 Å². The number of ether oxygens (including phenoxy) is 3. The topological polar surface area (TPSA) is 94.2 Å².